The Labute approximate surface area is 97.6 Å². The van der Waals surface area contributed by atoms with Crippen molar-refractivity contribution in [3.63, 3.8) is 0 Å². The topological polar surface area (TPSA) is 52.3 Å². The summed E-state index contributed by atoms with van der Waals surface area (Å²) in [4.78, 5) is 11.1. The van der Waals surface area contributed by atoms with Gasteiger partial charge in [0.1, 0.15) is 22.9 Å². The zero-order valence-corrected chi connectivity index (χ0v) is 8.89. The fraction of sp³-hybridized carbons (Fsp3) is 0. The number of nitrogens with two attached hydrogens (primary N) is 1. The number of primary amides is 1. The van der Waals surface area contributed by atoms with Crippen LogP contribution in [0.15, 0.2) is 48.5 Å². The predicted molar refractivity (Wildman–Crippen MR) is 61.4 cm³/mol. The molecule has 0 aliphatic heterocycles. The molecule has 2 N–H and O–H groups in total. The highest BCUT2D eigenvalue weighted by Crippen LogP contribution is 2.26. The minimum absolute atomic E-state index is 0.115. The summed E-state index contributed by atoms with van der Waals surface area (Å²) in [6.07, 6.45) is 0. The molecule has 0 fully saturated rings. The van der Waals surface area contributed by atoms with Gasteiger partial charge in [-0.3, -0.25) is 4.79 Å². The average molecular weight is 231 g/mol. The summed E-state index contributed by atoms with van der Waals surface area (Å²) < 4.78 is 18.8. The van der Waals surface area contributed by atoms with Gasteiger partial charge in [0.25, 0.3) is 5.91 Å². The Balaban J connectivity index is 2.40. The molecule has 0 saturated carbocycles. The largest absolute Gasteiger partial charge is 0.456 e. The minimum Gasteiger partial charge on any atom is -0.456 e. The van der Waals surface area contributed by atoms with E-state index in [1.165, 1.54) is 12.1 Å². The molecule has 2 rings (SSSR count). The molecule has 0 aliphatic carbocycles. The lowest BCUT2D eigenvalue weighted by molar-refractivity contribution is 0.0994. The molecule has 0 unspecified atom stereocenters. The second-order valence-electron chi connectivity index (χ2n) is 3.39. The number of carbonyl (C=O) groups excluding carboxylic acids is 1. The van der Waals surface area contributed by atoms with E-state index >= 15 is 0 Å². The van der Waals surface area contributed by atoms with E-state index in [4.69, 9.17) is 10.5 Å². The van der Waals surface area contributed by atoms with Crippen molar-refractivity contribution in [2.45, 2.75) is 0 Å². The number of halogens is 1. The van der Waals surface area contributed by atoms with Crippen molar-refractivity contribution in [3.05, 3.63) is 59.9 Å². The highest BCUT2D eigenvalue weighted by atomic mass is 19.1. The fourth-order valence-electron chi connectivity index (χ4n) is 1.44. The quantitative estimate of drug-likeness (QED) is 0.882. The molecule has 0 aliphatic rings. The van der Waals surface area contributed by atoms with Crippen molar-refractivity contribution < 1.29 is 13.9 Å². The van der Waals surface area contributed by atoms with E-state index < -0.39 is 11.7 Å². The molecular weight excluding hydrogens is 221 g/mol. The zero-order chi connectivity index (χ0) is 12.3. The molecule has 2 aromatic carbocycles. The van der Waals surface area contributed by atoms with Gasteiger partial charge in [0, 0.05) is 0 Å². The van der Waals surface area contributed by atoms with Gasteiger partial charge in [-0.15, -0.1) is 0 Å². The molecule has 1 amide bonds. The standard InChI is InChI=1S/C13H10FNO2/c14-10-7-4-8-11(12(10)13(15)16)17-9-5-2-1-3-6-9/h1-8H,(H2,15,16). The fourth-order valence-corrected chi connectivity index (χ4v) is 1.44. The number of ether oxygens (including phenoxy) is 1. The summed E-state index contributed by atoms with van der Waals surface area (Å²) in [5.41, 5.74) is 4.87. The number of carbonyl (C=O) groups is 1. The monoisotopic (exact) mass is 231 g/mol. The summed E-state index contributed by atoms with van der Waals surface area (Å²) in [7, 11) is 0. The smallest absolute Gasteiger partial charge is 0.255 e. The van der Waals surface area contributed by atoms with E-state index in [1.807, 2.05) is 6.07 Å². The van der Waals surface area contributed by atoms with E-state index in [2.05, 4.69) is 0 Å². The predicted octanol–water partition coefficient (Wildman–Crippen LogP) is 2.72. The van der Waals surface area contributed by atoms with E-state index in [-0.39, 0.29) is 11.3 Å². The van der Waals surface area contributed by atoms with Gasteiger partial charge in [0.2, 0.25) is 0 Å². The number of rotatable bonds is 3. The van der Waals surface area contributed by atoms with Gasteiger partial charge in [-0.1, -0.05) is 24.3 Å². The molecule has 17 heavy (non-hydrogen) atoms. The van der Waals surface area contributed by atoms with Gasteiger partial charge >= 0.3 is 0 Å². The summed E-state index contributed by atoms with van der Waals surface area (Å²) in [6.45, 7) is 0. The van der Waals surface area contributed by atoms with Crippen LogP contribution in [0.1, 0.15) is 10.4 Å². The van der Waals surface area contributed by atoms with Crippen molar-refractivity contribution >= 4 is 5.91 Å². The minimum atomic E-state index is -0.853. The Morgan fingerprint density at radius 3 is 2.41 bits per heavy atom. The van der Waals surface area contributed by atoms with Crippen LogP contribution < -0.4 is 10.5 Å². The van der Waals surface area contributed by atoms with E-state index in [0.717, 1.165) is 6.07 Å². The van der Waals surface area contributed by atoms with Crippen LogP contribution in [0.3, 0.4) is 0 Å². The van der Waals surface area contributed by atoms with Gasteiger partial charge in [-0.2, -0.15) is 0 Å². The van der Waals surface area contributed by atoms with Crippen molar-refractivity contribution in [1.29, 1.82) is 0 Å². The first-order valence-corrected chi connectivity index (χ1v) is 4.99. The van der Waals surface area contributed by atoms with Gasteiger partial charge in [-0.25, -0.2) is 4.39 Å². The van der Waals surface area contributed by atoms with Crippen LogP contribution in [0.25, 0.3) is 0 Å². The van der Waals surface area contributed by atoms with E-state index in [0.29, 0.717) is 5.75 Å². The van der Waals surface area contributed by atoms with Crippen molar-refractivity contribution in [1.82, 2.24) is 0 Å². The summed E-state index contributed by atoms with van der Waals surface area (Å²) >= 11 is 0. The molecular formula is C13H10FNO2. The maximum absolute atomic E-state index is 13.4. The SMILES string of the molecule is NC(=O)c1c(F)cccc1Oc1ccccc1. The Kier molecular flexibility index (Phi) is 3.05. The van der Waals surface area contributed by atoms with Crippen LogP contribution in [0.4, 0.5) is 4.39 Å². The summed E-state index contributed by atoms with van der Waals surface area (Å²) in [6, 6.07) is 12.9. The highest BCUT2D eigenvalue weighted by Gasteiger charge is 2.15. The van der Waals surface area contributed by atoms with Crippen molar-refractivity contribution in [2.75, 3.05) is 0 Å². The number of para-hydroxylation sites is 1. The molecule has 2 aromatic rings. The average Bonchev–Trinajstić information content (AvgIpc) is 2.30. The number of amides is 1. The molecule has 0 saturated heterocycles. The lowest BCUT2D eigenvalue weighted by Crippen LogP contribution is -2.14. The maximum atomic E-state index is 13.4. The molecule has 0 aromatic heterocycles. The second-order valence-corrected chi connectivity index (χ2v) is 3.39. The van der Waals surface area contributed by atoms with Crippen LogP contribution in [0.2, 0.25) is 0 Å². The lowest BCUT2D eigenvalue weighted by atomic mass is 10.2. The molecule has 0 atom stereocenters. The van der Waals surface area contributed by atoms with Gasteiger partial charge < -0.3 is 10.5 Å². The normalized spacial score (nSPS) is 9.94. The molecule has 0 radical (unpaired) electrons. The lowest BCUT2D eigenvalue weighted by Gasteiger charge is -2.09. The number of hydrogen-bond acceptors (Lipinski definition) is 2. The van der Waals surface area contributed by atoms with Crippen molar-refractivity contribution in [2.24, 2.45) is 5.73 Å². The van der Waals surface area contributed by atoms with Crippen LogP contribution >= 0.6 is 0 Å². The number of hydrogen-bond donors (Lipinski definition) is 1. The zero-order valence-electron chi connectivity index (χ0n) is 8.89. The molecule has 3 nitrogen and oxygen atoms in total. The Morgan fingerprint density at radius 2 is 1.76 bits per heavy atom. The molecule has 0 bridgehead atoms. The molecule has 0 heterocycles. The maximum Gasteiger partial charge on any atom is 0.255 e. The molecule has 4 heteroatoms. The Bertz CT molecular complexity index is 540. The third-order valence-electron chi connectivity index (χ3n) is 2.19. The van der Waals surface area contributed by atoms with Crippen molar-refractivity contribution in [3.8, 4) is 11.5 Å². The first kappa shape index (κ1) is 11.1. The van der Waals surface area contributed by atoms with E-state index in [9.17, 15) is 9.18 Å². The van der Waals surface area contributed by atoms with Crippen LogP contribution in [-0.4, -0.2) is 5.91 Å². The Morgan fingerprint density at radius 1 is 1.06 bits per heavy atom. The Hall–Kier alpha value is -2.36. The molecule has 86 valence electrons. The van der Waals surface area contributed by atoms with E-state index in [1.54, 1.807) is 24.3 Å². The first-order valence-electron chi connectivity index (χ1n) is 4.99. The first-order chi connectivity index (χ1) is 8.18. The van der Waals surface area contributed by atoms with Gasteiger partial charge in [-0.05, 0) is 24.3 Å². The van der Waals surface area contributed by atoms with Gasteiger partial charge in [0.05, 0.1) is 0 Å². The second kappa shape index (κ2) is 4.65. The van der Waals surface area contributed by atoms with Crippen LogP contribution in [-0.2, 0) is 0 Å². The number of benzene rings is 2. The van der Waals surface area contributed by atoms with Crippen LogP contribution in [0, 0.1) is 5.82 Å². The van der Waals surface area contributed by atoms with Gasteiger partial charge in [0.15, 0.2) is 0 Å². The summed E-state index contributed by atoms with van der Waals surface area (Å²) in [5, 5.41) is 0. The van der Waals surface area contributed by atoms with Crippen LogP contribution in [0.5, 0.6) is 11.5 Å². The highest BCUT2D eigenvalue weighted by molar-refractivity contribution is 5.96. The summed E-state index contributed by atoms with van der Waals surface area (Å²) in [5.74, 6) is -0.913. The third-order valence-corrected chi connectivity index (χ3v) is 2.19. The molecule has 0 spiro atoms. The third kappa shape index (κ3) is 2.42.